The zero-order valence-electron chi connectivity index (χ0n) is 10.0. The molecule has 0 atom stereocenters. The van der Waals surface area contributed by atoms with E-state index in [1.54, 1.807) is 18.2 Å². The largest absolute Gasteiger partial charge is 0.321 e. The summed E-state index contributed by atoms with van der Waals surface area (Å²) in [6, 6.07) is 8.98. The van der Waals surface area contributed by atoms with Crippen LogP contribution in [0, 0.1) is 12.7 Å². The zero-order valence-corrected chi connectivity index (χ0v) is 11.5. The van der Waals surface area contributed by atoms with Crippen LogP contribution in [0.4, 0.5) is 10.1 Å². The first-order valence-electron chi connectivity index (χ1n) is 5.50. The van der Waals surface area contributed by atoms with Crippen molar-refractivity contribution in [2.75, 3.05) is 5.32 Å². The van der Waals surface area contributed by atoms with Crippen molar-refractivity contribution in [3.8, 4) is 0 Å². The fraction of sp³-hybridized carbons (Fsp3) is 0.0714. The molecule has 2 rings (SSSR count). The lowest BCUT2D eigenvalue weighted by molar-refractivity contribution is 0.102. The highest BCUT2D eigenvalue weighted by Gasteiger charge is 2.13. The number of benzene rings is 2. The van der Waals surface area contributed by atoms with Crippen molar-refractivity contribution in [3.05, 3.63) is 63.4 Å². The molecule has 1 N–H and O–H groups in total. The van der Waals surface area contributed by atoms with Gasteiger partial charge in [-0.1, -0.05) is 29.3 Å². The van der Waals surface area contributed by atoms with E-state index in [0.29, 0.717) is 15.7 Å². The van der Waals surface area contributed by atoms with Crippen LogP contribution in [0.5, 0.6) is 0 Å². The molecule has 0 aliphatic rings. The molecule has 0 aliphatic heterocycles. The van der Waals surface area contributed by atoms with Crippen molar-refractivity contribution in [1.29, 1.82) is 0 Å². The Bertz CT molecular complexity index is 643. The highest BCUT2D eigenvalue weighted by Crippen LogP contribution is 2.24. The predicted octanol–water partition coefficient (Wildman–Crippen LogP) is 4.69. The van der Waals surface area contributed by atoms with E-state index in [4.69, 9.17) is 23.2 Å². The van der Waals surface area contributed by atoms with Crippen molar-refractivity contribution >= 4 is 34.8 Å². The van der Waals surface area contributed by atoms with Crippen molar-refractivity contribution in [2.45, 2.75) is 6.92 Å². The van der Waals surface area contributed by atoms with Gasteiger partial charge in [-0.15, -0.1) is 0 Å². The number of carbonyl (C=O) groups excluding carboxylic acids is 1. The molecule has 0 unspecified atom stereocenters. The average molecular weight is 298 g/mol. The van der Waals surface area contributed by atoms with E-state index in [1.165, 1.54) is 12.1 Å². The third-order valence-electron chi connectivity index (χ3n) is 2.55. The van der Waals surface area contributed by atoms with Crippen molar-refractivity contribution in [1.82, 2.24) is 0 Å². The second-order valence-corrected chi connectivity index (χ2v) is 4.91. The van der Waals surface area contributed by atoms with Gasteiger partial charge in [-0.2, -0.15) is 0 Å². The molecule has 0 bridgehead atoms. The summed E-state index contributed by atoms with van der Waals surface area (Å²) < 4.78 is 13.5. The maximum absolute atomic E-state index is 13.5. The summed E-state index contributed by atoms with van der Waals surface area (Å²) >= 11 is 11.7. The van der Waals surface area contributed by atoms with Gasteiger partial charge in [-0.3, -0.25) is 4.79 Å². The number of carbonyl (C=O) groups is 1. The number of aryl methyl sites for hydroxylation is 1. The van der Waals surface area contributed by atoms with Gasteiger partial charge >= 0.3 is 0 Å². The van der Waals surface area contributed by atoms with Gasteiger partial charge in [0, 0.05) is 5.02 Å². The topological polar surface area (TPSA) is 29.1 Å². The van der Waals surface area contributed by atoms with Crippen LogP contribution in [0.1, 0.15) is 15.9 Å². The lowest BCUT2D eigenvalue weighted by atomic mass is 10.2. The Morgan fingerprint density at radius 2 is 1.89 bits per heavy atom. The molecule has 0 radical (unpaired) electrons. The number of hydrogen-bond acceptors (Lipinski definition) is 1. The van der Waals surface area contributed by atoms with Crippen LogP contribution in [0.3, 0.4) is 0 Å². The van der Waals surface area contributed by atoms with Crippen molar-refractivity contribution in [3.63, 3.8) is 0 Å². The molecule has 0 saturated heterocycles. The summed E-state index contributed by atoms with van der Waals surface area (Å²) in [6.45, 7) is 1.88. The Morgan fingerprint density at radius 1 is 1.16 bits per heavy atom. The molecule has 1 amide bonds. The fourth-order valence-corrected chi connectivity index (χ4v) is 2.04. The van der Waals surface area contributed by atoms with Gasteiger partial charge in [0.25, 0.3) is 5.91 Å². The van der Waals surface area contributed by atoms with Crippen molar-refractivity contribution < 1.29 is 9.18 Å². The van der Waals surface area contributed by atoms with E-state index in [1.807, 2.05) is 6.92 Å². The second-order valence-electron chi connectivity index (χ2n) is 4.06. The molecule has 2 aromatic rings. The molecule has 5 heteroatoms. The maximum atomic E-state index is 13.5. The van der Waals surface area contributed by atoms with Gasteiger partial charge < -0.3 is 5.32 Å². The predicted molar refractivity (Wildman–Crippen MR) is 75.6 cm³/mol. The lowest BCUT2D eigenvalue weighted by Crippen LogP contribution is -2.14. The summed E-state index contributed by atoms with van der Waals surface area (Å²) in [6.07, 6.45) is 0. The molecule has 2 aromatic carbocycles. The van der Waals surface area contributed by atoms with Crippen LogP contribution in [0.25, 0.3) is 0 Å². The maximum Gasteiger partial charge on any atom is 0.258 e. The normalized spacial score (nSPS) is 10.3. The number of hydrogen-bond donors (Lipinski definition) is 1. The molecular weight excluding hydrogens is 288 g/mol. The number of nitrogens with one attached hydrogen (secondary N) is 1. The van der Waals surface area contributed by atoms with Crippen LogP contribution in [-0.2, 0) is 0 Å². The summed E-state index contributed by atoms with van der Waals surface area (Å²) in [7, 11) is 0. The Morgan fingerprint density at radius 3 is 2.58 bits per heavy atom. The van der Waals surface area contributed by atoms with Crippen LogP contribution in [-0.4, -0.2) is 5.91 Å². The molecule has 0 aromatic heterocycles. The summed E-state index contributed by atoms with van der Waals surface area (Å²) in [5.74, 6) is -1.23. The first kappa shape index (κ1) is 13.8. The minimum Gasteiger partial charge on any atom is -0.321 e. The first-order chi connectivity index (χ1) is 8.97. The molecule has 0 spiro atoms. The van der Waals surface area contributed by atoms with Crippen molar-refractivity contribution in [2.24, 2.45) is 0 Å². The molecule has 19 heavy (non-hydrogen) atoms. The van der Waals surface area contributed by atoms with Gasteiger partial charge in [-0.25, -0.2) is 4.39 Å². The third-order valence-corrected chi connectivity index (χ3v) is 3.09. The van der Waals surface area contributed by atoms with E-state index in [-0.39, 0.29) is 5.56 Å². The molecule has 0 aliphatic carbocycles. The average Bonchev–Trinajstić information content (AvgIpc) is 2.35. The Kier molecular flexibility index (Phi) is 4.08. The lowest BCUT2D eigenvalue weighted by Gasteiger charge is -2.08. The number of amides is 1. The van der Waals surface area contributed by atoms with Gasteiger partial charge in [0.15, 0.2) is 0 Å². The summed E-state index contributed by atoms with van der Waals surface area (Å²) in [5.41, 5.74) is 1.28. The quantitative estimate of drug-likeness (QED) is 0.856. The van der Waals surface area contributed by atoms with Gasteiger partial charge in [-0.05, 0) is 42.8 Å². The van der Waals surface area contributed by atoms with E-state index >= 15 is 0 Å². The summed E-state index contributed by atoms with van der Waals surface area (Å²) in [4.78, 5) is 12.0. The minimum absolute atomic E-state index is 0.121. The monoisotopic (exact) mass is 297 g/mol. The number of anilines is 1. The Labute approximate surface area is 120 Å². The van der Waals surface area contributed by atoms with Gasteiger partial charge in [0.05, 0.1) is 16.3 Å². The number of halogens is 3. The van der Waals surface area contributed by atoms with E-state index < -0.39 is 11.7 Å². The molecule has 2 nitrogen and oxygen atoms in total. The Balaban J connectivity index is 2.28. The van der Waals surface area contributed by atoms with E-state index in [2.05, 4.69) is 5.32 Å². The first-order valence-corrected chi connectivity index (χ1v) is 6.25. The molecular formula is C14H10Cl2FNO. The highest BCUT2D eigenvalue weighted by molar-refractivity contribution is 6.34. The standard InChI is InChI=1S/C14H10Cl2FNO/c1-8-2-5-13(11(16)6-8)18-14(19)10-7-9(15)3-4-12(10)17/h2-7H,1H3,(H,18,19). The molecule has 98 valence electrons. The zero-order chi connectivity index (χ0) is 14.0. The highest BCUT2D eigenvalue weighted by atomic mass is 35.5. The van der Waals surface area contributed by atoms with E-state index in [9.17, 15) is 9.18 Å². The fourth-order valence-electron chi connectivity index (χ4n) is 1.58. The minimum atomic E-state index is -0.634. The number of rotatable bonds is 2. The van der Waals surface area contributed by atoms with Crippen LogP contribution < -0.4 is 5.32 Å². The molecule has 0 fully saturated rings. The Hall–Kier alpha value is -1.58. The van der Waals surface area contributed by atoms with Crippen LogP contribution >= 0.6 is 23.2 Å². The van der Waals surface area contributed by atoms with Crippen LogP contribution in [0.2, 0.25) is 10.0 Å². The summed E-state index contributed by atoms with van der Waals surface area (Å²) in [5, 5.41) is 3.24. The SMILES string of the molecule is Cc1ccc(NC(=O)c2cc(Cl)ccc2F)c(Cl)c1. The molecule has 0 saturated carbocycles. The second kappa shape index (κ2) is 5.59. The smallest absolute Gasteiger partial charge is 0.258 e. The third kappa shape index (κ3) is 3.25. The van der Waals surface area contributed by atoms with Gasteiger partial charge in [0.2, 0.25) is 0 Å². The van der Waals surface area contributed by atoms with Gasteiger partial charge in [0.1, 0.15) is 5.82 Å². The van der Waals surface area contributed by atoms with Crippen LogP contribution in [0.15, 0.2) is 36.4 Å². The molecule has 0 heterocycles. The van der Waals surface area contributed by atoms with E-state index in [0.717, 1.165) is 11.6 Å².